The van der Waals surface area contributed by atoms with Crippen molar-refractivity contribution in [2.24, 2.45) is 0 Å². The van der Waals surface area contributed by atoms with Crippen LogP contribution in [0, 0.1) is 0 Å². The summed E-state index contributed by atoms with van der Waals surface area (Å²) in [7, 11) is 0. The van der Waals surface area contributed by atoms with E-state index in [0.717, 1.165) is 0 Å². The van der Waals surface area contributed by atoms with Crippen LogP contribution in [0.1, 0.15) is 20.3 Å². The summed E-state index contributed by atoms with van der Waals surface area (Å²) in [6.45, 7) is 2.81. The molecular weight excluding hydrogens is 188 g/mol. The lowest BCUT2D eigenvalue weighted by Gasteiger charge is -2.12. The summed E-state index contributed by atoms with van der Waals surface area (Å²) in [5, 5.41) is 13.4. The molecule has 0 bridgehead atoms. The molecule has 0 heterocycles. The Hall–Kier alpha value is -1.59. The highest BCUT2D eigenvalue weighted by atomic mass is 16.4. The molecule has 80 valence electrons. The van der Waals surface area contributed by atoms with Crippen molar-refractivity contribution in [3.63, 3.8) is 0 Å². The smallest absolute Gasteiger partial charge is 0.326 e. The van der Waals surface area contributed by atoms with Gasteiger partial charge in [-0.15, -0.1) is 0 Å². The first kappa shape index (κ1) is 12.4. The van der Waals surface area contributed by atoms with Crippen molar-refractivity contribution in [1.29, 1.82) is 0 Å². The molecule has 0 aliphatic carbocycles. The zero-order chi connectivity index (χ0) is 11.1. The molecule has 6 nitrogen and oxygen atoms in total. The monoisotopic (exact) mass is 202 g/mol. The van der Waals surface area contributed by atoms with Crippen molar-refractivity contribution < 1.29 is 19.5 Å². The fraction of sp³-hybridized carbons (Fsp3) is 0.625. The van der Waals surface area contributed by atoms with Gasteiger partial charge in [-0.2, -0.15) is 0 Å². The van der Waals surface area contributed by atoms with Gasteiger partial charge in [0.25, 0.3) is 0 Å². The molecule has 1 atom stereocenters. The van der Waals surface area contributed by atoms with E-state index in [1.54, 1.807) is 0 Å². The van der Waals surface area contributed by atoms with Gasteiger partial charge in [0.1, 0.15) is 6.04 Å². The molecule has 0 aromatic carbocycles. The van der Waals surface area contributed by atoms with Crippen LogP contribution in [0.5, 0.6) is 0 Å². The molecule has 3 N–H and O–H groups in total. The van der Waals surface area contributed by atoms with Gasteiger partial charge in [0.15, 0.2) is 0 Å². The van der Waals surface area contributed by atoms with Crippen molar-refractivity contribution in [3.05, 3.63) is 0 Å². The third-order valence-electron chi connectivity index (χ3n) is 1.48. The molecule has 0 radical (unpaired) electrons. The molecule has 6 heteroatoms. The van der Waals surface area contributed by atoms with Gasteiger partial charge >= 0.3 is 5.97 Å². The minimum atomic E-state index is -1.11. The number of carboxylic acids is 1. The van der Waals surface area contributed by atoms with Gasteiger partial charge in [-0.1, -0.05) is 0 Å². The first-order chi connectivity index (χ1) is 6.43. The van der Waals surface area contributed by atoms with E-state index >= 15 is 0 Å². The topological polar surface area (TPSA) is 95.5 Å². The van der Waals surface area contributed by atoms with Crippen molar-refractivity contribution in [3.8, 4) is 0 Å². The van der Waals surface area contributed by atoms with Crippen LogP contribution in [-0.2, 0) is 14.4 Å². The highest BCUT2D eigenvalue weighted by Gasteiger charge is 2.17. The second-order valence-corrected chi connectivity index (χ2v) is 2.86. The van der Waals surface area contributed by atoms with Crippen molar-refractivity contribution in [1.82, 2.24) is 10.6 Å². The van der Waals surface area contributed by atoms with Crippen molar-refractivity contribution >= 4 is 17.8 Å². The highest BCUT2D eigenvalue weighted by Crippen LogP contribution is 1.91. The lowest BCUT2D eigenvalue weighted by molar-refractivity contribution is -0.141. The largest absolute Gasteiger partial charge is 0.480 e. The summed E-state index contributed by atoms with van der Waals surface area (Å²) < 4.78 is 0. The van der Waals surface area contributed by atoms with Crippen molar-refractivity contribution in [2.45, 2.75) is 26.3 Å². The van der Waals surface area contributed by atoms with Crippen LogP contribution in [0.25, 0.3) is 0 Å². The van der Waals surface area contributed by atoms with Crippen molar-refractivity contribution in [2.75, 3.05) is 6.54 Å². The fourth-order valence-corrected chi connectivity index (χ4v) is 0.895. The molecule has 0 aliphatic rings. The van der Waals surface area contributed by atoms with E-state index in [2.05, 4.69) is 10.6 Å². The van der Waals surface area contributed by atoms with E-state index in [9.17, 15) is 14.4 Å². The number of carboxylic acid groups (broad SMARTS) is 1. The average molecular weight is 202 g/mol. The molecule has 1 unspecified atom stereocenters. The molecule has 0 fully saturated rings. The van der Waals surface area contributed by atoms with E-state index in [-0.39, 0.29) is 18.9 Å². The zero-order valence-corrected chi connectivity index (χ0v) is 8.16. The van der Waals surface area contributed by atoms with Gasteiger partial charge < -0.3 is 15.7 Å². The maximum Gasteiger partial charge on any atom is 0.326 e. The van der Waals surface area contributed by atoms with Gasteiger partial charge in [-0.3, -0.25) is 9.59 Å². The maximum absolute atomic E-state index is 10.6. The Morgan fingerprint density at radius 3 is 2.14 bits per heavy atom. The Morgan fingerprint density at radius 1 is 1.21 bits per heavy atom. The summed E-state index contributed by atoms with van der Waals surface area (Å²) in [5.74, 6) is -1.73. The molecule has 0 aromatic heterocycles. The first-order valence-electron chi connectivity index (χ1n) is 4.18. The van der Waals surface area contributed by atoms with Crippen LogP contribution in [0.15, 0.2) is 0 Å². The van der Waals surface area contributed by atoms with E-state index in [4.69, 9.17) is 5.11 Å². The molecular formula is C8H14N2O4. The molecule has 0 saturated heterocycles. The van der Waals surface area contributed by atoms with E-state index in [1.165, 1.54) is 13.8 Å². The molecule has 14 heavy (non-hydrogen) atoms. The summed E-state index contributed by atoms with van der Waals surface area (Å²) in [5.41, 5.74) is 0. The van der Waals surface area contributed by atoms with Crippen LogP contribution >= 0.6 is 0 Å². The predicted octanol–water partition coefficient (Wildman–Crippen LogP) is -0.898. The van der Waals surface area contributed by atoms with Gasteiger partial charge in [-0.25, -0.2) is 4.79 Å². The normalized spacial score (nSPS) is 11.6. The first-order valence-corrected chi connectivity index (χ1v) is 4.18. The second-order valence-electron chi connectivity index (χ2n) is 2.86. The maximum atomic E-state index is 10.6. The number of rotatable bonds is 5. The summed E-state index contributed by atoms with van der Waals surface area (Å²) >= 11 is 0. The van der Waals surface area contributed by atoms with Gasteiger partial charge in [-0.05, 0) is 6.42 Å². The number of nitrogens with one attached hydrogen (secondary N) is 2. The Morgan fingerprint density at radius 2 is 1.79 bits per heavy atom. The Labute approximate surface area is 81.7 Å². The third-order valence-corrected chi connectivity index (χ3v) is 1.48. The van der Waals surface area contributed by atoms with E-state index < -0.39 is 17.9 Å². The van der Waals surface area contributed by atoms with Crippen LogP contribution in [-0.4, -0.2) is 35.5 Å². The van der Waals surface area contributed by atoms with Crippen LogP contribution in [0.2, 0.25) is 0 Å². The molecule has 0 rings (SSSR count). The second kappa shape index (κ2) is 5.95. The number of aliphatic carboxylic acids is 1. The number of hydrogen-bond acceptors (Lipinski definition) is 3. The fourth-order valence-electron chi connectivity index (χ4n) is 0.895. The summed E-state index contributed by atoms with van der Waals surface area (Å²) in [6.07, 6.45) is 0.175. The SMILES string of the molecule is CC(=O)NCCC(NC(C)=O)C(=O)O. The zero-order valence-electron chi connectivity index (χ0n) is 8.16. The van der Waals surface area contributed by atoms with E-state index in [0.29, 0.717) is 0 Å². The van der Waals surface area contributed by atoms with Crippen LogP contribution in [0.3, 0.4) is 0 Å². The van der Waals surface area contributed by atoms with E-state index in [1.807, 2.05) is 0 Å². The standard InChI is InChI=1S/C8H14N2O4/c1-5(11)9-4-3-7(8(13)14)10-6(2)12/h7H,3-4H2,1-2H3,(H,9,11)(H,10,12)(H,13,14). The molecule has 0 aliphatic heterocycles. The Bertz CT molecular complexity index is 239. The van der Waals surface area contributed by atoms with Crippen LogP contribution < -0.4 is 10.6 Å². The number of amides is 2. The molecule has 0 aromatic rings. The Balaban J connectivity index is 3.91. The Kier molecular flexibility index (Phi) is 5.28. The number of hydrogen-bond donors (Lipinski definition) is 3. The lowest BCUT2D eigenvalue weighted by Crippen LogP contribution is -2.41. The molecule has 0 spiro atoms. The number of carbonyl (C=O) groups is 3. The van der Waals surface area contributed by atoms with Crippen LogP contribution in [0.4, 0.5) is 0 Å². The molecule has 0 saturated carbocycles. The summed E-state index contributed by atoms with van der Waals surface area (Å²) in [4.78, 5) is 31.6. The molecule has 2 amide bonds. The van der Waals surface area contributed by atoms with Gasteiger partial charge in [0.05, 0.1) is 0 Å². The summed E-state index contributed by atoms with van der Waals surface area (Å²) in [6, 6.07) is -0.945. The highest BCUT2D eigenvalue weighted by molar-refractivity contribution is 5.82. The number of carbonyl (C=O) groups excluding carboxylic acids is 2. The predicted molar refractivity (Wildman–Crippen MR) is 48.5 cm³/mol. The minimum Gasteiger partial charge on any atom is -0.480 e. The quantitative estimate of drug-likeness (QED) is 0.538. The lowest BCUT2D eigenvalue weighted by atomic mass is 10.2. The average Bonchev–Trinajstić information content (AvgIpc) is 2.00. The van der Waals surface area contributed by atoms with Gasteiger partial charge in [0.2, 0.25) is 11.8 Å². The van der Waals surface area contributed by atoms with Gasteiger partial charge in [0, 0.05) is 20.4 Å². The minimum absolute atomic E-state index is 0.175. The third kappa shape index (κ3) is 5.99.